The van der Waals surface area contributed by atoms with Gasteiger partial charge in [-0.2, -0.15) is 0 Å². The normalized spacial score (nSPS) is 11.6. The van der Waals surface area contributed by atoms with Crippen molar-refractivity contribution >= 4 is 11.0 Å². The predicted octanol–water partition coefficient (Wildman–Crippen LogP) is 2.72. The smallest absolute Gasteiger partial charge is 0.108 e. The second-order valence-corrected chi connectivity index (χ2v) is 5.02. The van der Waals surface area contributed by atoms with Crippen LogP contribution < -0.4 is 5.32 Å². The molecule has 0 unspecified atom stereocenters. The Labute approximate surface area is 103 Å². The Kier molecular flexibility index (Phi) is 3.48. The molecule has 0 amide bonds. The molecule has 2 N–H and O–H groups in total. The second-order valence-electron chi connectivity index (χ2n) is 5.02. The number of hydrogen-bond donors (Lipinski definition) is 2. The second kappa shape index (κ2) is 4.88. The zero-order valence-corrected chi connectivity index (χ0v) is 11.1. The Morgan fingerprint density at radius 2 is 2.06 bits per heavy atom. The summed E-state index contributed by atoms with van der Waals surface area (Å²) in [6, 6.07) is 4.87. The van der Waals surface area contributed by atoms with E-state index in [1.165, 1.54) is 11.1 Å². The molecule has 0 spiro atoms. The molecule has 1 heterocycles. The Morgan fingerprint density at radius 1 is 1.29 bits per heavy atom. The number of aromatic amines is 1. The summed E-state index contributed by atoms with van der Waals surface area (Å²) in [5, 5.41) is 3.40. The lowest BCUT2D eigenvalue weighted by Gasteiger charge is -2.05. The summed E-state index contributed by atoms with van der Waals surface area (Å²) in [5.74, 6) is 1.07. The number of H-pyrrole nitrogens is 1. The van der Waals surface area contributed by atoms with Crippen molar-refractivity contribution in [2.75, 3.05) is 6.54 Å². The van der Waals surface area contributed by atoms with Crippen LogP contribution in [0.1, 0.15) is 30.8 Å². The number of fused-ring (bicyclic) bond motifs is 1. The fourth-order valence-electron chi connectivity index (χ4n) is 2.12. The van der Waals surface area contributed by atoms with Gasteiger partial charge < -0.3 is 10.3 Å². The number of hydrogen-bond acceptors (Lipinski definition) is 2. The van der Waals surface area contributed by atoms with Gasteiger partial charge in [-0.05, 0) is 31.0 Å². The number of aryl methyl sites for hydroxylation is 2. The molecule has 0 bridgehead atoms. The predicted molar refractivity (Wildman–Crippen MR) is 72.4 cm³/mol. The van der Waals surface area contributed by atoms with Crippen molar-refractivity contribution in [1.82, 2.24) is 15.3 Å². The van der Waals surface area contributed by atoms with Crippen LogP contribution in [-0.2, 0) is 6.42 Å². The lowest BCUT2D eigenvalue weighted by molar-refractivity contribution is 0.585. The molecule has 0 aliphatic heterocycles. The van der Waals surface area contributed by atoms with E-state index in [1.54, 1.807) is 0 Å². The third-order valence-corrected chi connectivity index (χ3v) is 2.88. The van der Waals surface area contributed by atoms with Crippen molar-refractivity contribution in [1.29, 1.82) is 0 Å². The molecule has 0 aliphatic carbocycles. The van der Waals surface area contributed by atoms with Gasteiger partial charge in [-0.3, -0.25) is 0 Å². The van der Waals surface area contributed by atoms with Crippen LogP contribution in [-0.4, -0.2) is 22.6 Å². The minimum absolute atomic E-state index is 0.531. The van der Waals surface area contributed by atoms with E-state index in [4.69, 9.17) is 0 Å². The molecule has 17 heavy (non-hydrogen) atoms. The van der Waals surface area contributed by atoms with Crippen LogP contribution in [0.2, 0.25) is 0 Å². The van der Waals surface area contributed by atoms with E-state index >= 15 is 0 Å². The topological polar surface area (TPSA) is 40.7 Å². The van der Waals surface area contributed by atoms with E-state index in [9.17, 15) is 0 Å². The molecule has 2 aromatic rings. The maximum atomic E-state index is 4.65. The summed E-state index contributed by atoms with van der Waals surface area (Å²) in [6.45, 7) is 9.52. The van der Waals surface area contributed by atoms with Crippen LogP contribution in [0.4, 0.5) is 0 Å². The molecule has 92 valence electrons. The van der Waals surface area contributed by atoms with Gasteiger partial charge in [0.25, 0.3) is 0 Å². The molecule has 0 radical (unpaired) electrons. The summed E-state index contributed by atoms with van der Waals surface area (Å²) < 4.78 is 0. The van der Waals surface area contributed by atoms with E-state index in [-0.39, 0.29) is 0 Å². The van der Waals surface area contributed by atoms with Gasteiger partial charge >= 0.3 is 0 Å². The van der Waals surface area contributed by atoms with Crippen LogP contribution in [0.15, 0.2) is 12.1 Å². The fraction of sp³-hybridized carbons (Fsp3) is 0.500. The Bertz CT molecular complexity index is 511. The summed E-state index contributed by atoms with van der Waals surface area (Å²) >= 11 is 0. The number of imidazole rings is 1. The van der Waals surface area contributed by atoms with Crippen molar-refractivity contribution in [2.24, 2.45) is 0 Å². The molecule has 3 nitrogen and oxygen atoms in total. The van der Waals surface area contributed by atoms with Gasteiger partial charge in [0, 0.05) is 19.0 Å². The molecular weight excluding hydrogens is 210 g/mol. The maximum Gasteiger partial charge on any atom is 0.108 e. The van der Waals surface area contributed by atoms with E-state index in [2.05, 4.69) is 55.1 Å². The molecule has 3 heteroatoms. The molecular formula is C14H21N3. The quantitative estimate of drug-likeness (QED) is 0.849. The molecule has 1 aromatic heterocycles. The molecule has 0 saturated carbocycles. The van der Waals surface area contributed by atoms with Crippen LogP contribution in [0.5, 0.6) is 0 Å². The third kappa shape index (κ3) is 2.86. The lowest BCUT2D eigenvalue weighted by atomic mass is 10.1. The summed E-state index contributed by atoms with van der Waals surface area (Å²) in [6.07, 6.45) is 0.950. The zero-order chi connectivity index (χ0) is 12.4. The van der Waals surface area contributed by atoms with Gasteiger partial charge in [-0.25, -0.2) is 4.98 Å². The first-order valence-electron chi connectivity index (χ1n) is 6.25. The monoisotopic (exact) mass is 231 g/mol. The largest absolute Gasteiger partial charge is 0.342 e. The highest BCUT2D eigenvalue weighted by molar-refractivity contribution is 5.79. The highest BCUT2D eigenvalue weighted by atomic mass is 14.9. The third-order valence-electron chi connectivity index (χ3n) is 2.88. The van der Waals surface area contributed by atoms with Crippen LogP contribution in [0.25, 0.3) is 11.0 Å². The summed E-state index contributed by atoms with van der Waals surface area (Å²) in [4.78, 5) is 8.05. The first kappa shape index (κ1) is 12.1. The first-order chi connectivity index (χ1) is 8.06. The molecule has 0 atom stereocenters. The standard InChI is InChI=1S/C14H21N3/c1-9(2)15-6-5-13-16-12-8-10(3)7-11(4)14(12)17-13/h7-9,15H,5-6H2,1-4H3,(H,16,17). The number of aromatic nitrogens is 2. The minimum Gasteiger partial charge on any atom is -0.342 e. The Hall–Kier alpha value is -1.35. The van der Waals surface area contributed by atoms with Gasteiger partial charge in [0.2, 0.25) is 0 Å². The van der Waals surface area contributed by atoms with E-state index in [0.29, 0.717) is 6.04 Å². The number of benzene rings is 1. The molecule has 0 fully saturated rings. The molecule has 0 aliphatic rings. The van der Waals surface area contributed by atoms with Crippen LogP contribution >= 0.6 is 0 Å². The lowest BCUT2D eigenvalue weighted by Crippen LogP contribution is -2.25. The fourth-order valence-corrected chi connectivity index (χ4v) is 2.12. The highest BCUT2D eigenvalue weighted by Gasteiger charge is 2.05. The van der Waals surface area contributed by atoms with Crippen LogP contribution in [0, 0.1) is 13.8 Å². The van der Waals surface area contributed by atoms with Gasteiger partial charge in [-0.15, -0.1) is 0 Å². The number of rotatable bonds is 4. The highest BCUT2D eigenvalue weighted by Crippen LogP contribution is 2.18. The van der Waals surface area contributed by atoms with Crippen molar-refractivity contribution in [3.8, 4) is 0 Å². The Morgan fingerprint density at radius 3 is 2.76 bits per heavy atom. The van der Waals surface area contributed by atoms with E-state index in [0.717, 1.165) is 29.8 Å². The molecule has 0 saturated heterocycles. The summed E-state index contributed by atoms with van der Waals surface area (Å²) in [5.41, 5.74) is 4.79. The van der Waals surface area contributed by atoms with Crippen molar-refractivity contribution in [2.45, 2.75) is 40.2 Å². The Balaban J connectivity index is 2.17. The van der Waals surface area contributed by atoms with Gasteiger partial charge in [-0.1, -0.05) is 19.9 Å². The number of nitrogens with zero attached hydrogens (tertiary/aromatic N) is 1. The maximum absolute atomic E-state index is 4.65. The summed E-state index contributed by atoms with van der Waals surface area (Å²) in [7, 11) is 0. The van der Waals surface area contributed by atoms with E-state index < -0.39 is 0 Å². The molecule has 2 rings (SSSR count). The average molecular weight is 231 g/mol. The average Bonchev–Trinajstić information content (AvgIpc) is 2.60. The van der Waals surface area contributed by atoms with Crippen LogP contribution in [0.3, 0.4) is 0 Å². The van der Waals surface area contributed by atoms with Crippen molar-refractivity contribution in [3.63, 3.8) is 0 Å². The first-order valence-corrected chi connectivity index (χ1v) is 6.25. The van der Waals surface area contributed by atoms with Crippen molar-refractivity contribution < 1.29 is 0 Å². The zero-order valence-electron chi connectivity index (χ0n) is 11.1. The minimum atomic E-state index is 0.531. The van der Waals surface area contributed by atoms with E-state index in [1.807, 2.05) is 0 Å². The van der Waals surface area contributed by atoms with Crippen molar-refractivity contribution in [3.05, 3.63) is 29.1 Å². The molecule has 1 aromatic carbocycles. The van der Waals surface area contributed by atoms with Gasteiger partial charge in [0.1, 0.15) is 5.82 Å². The number of nitrogens with one attached hydrogen (secondary N) is 2. The van der Waals surface area contributed by atoms with Gasteiger partial charge in [0.15, 0.2) is 0 Å². The van der Waals surface area contributed by atoms with Gasteiger partial charge in [0.05, 0.1) is 11.0 Å². The SMILES string of the molecule is Cc1cc(C)c2nc(CCNC(C)C)[nH]c2c1.